The zero-order valence-electron chi connectivity index (χ0n) is 22.1. The minimum Gasteiger partial charge on any atom is -0.353 e. The summed E-state index contributed by atoms with van der Waals surface area (Å²) >= 11 is 8.56. The van der Waals surface area contributed by atoms with Crippen LogP contribution in [0.1, 0.15) is 25.7 Å². The number of hydrogen-bond donors (Lipinski definition) is 2. The van der Waals surface area contributed by atoms with Crippen molar-refractivity contribution in [2.75, 3.05) is 31.9 Å². The number of likely N-dealkylation sites (tertiary alicyclic amines) is 2. The Morgan fingerprint density at radius 2 is 1.88 bits per heavy atom. The monoisotopic (exact) mass is 635 g/mol. The Labute approximate surface area is 251 Å². The van der Waals surface area contributed by atoms with Crippen molar-refractivity contribution >= 4 is 72.5 Å². The average Bonchev–Trinajstić information content (AvgIpc) is 3.61. The number of nitrogens with zero attached hydrogens (tertiary/aromatic N) is 3. The molecule has 218 valence electrons. The lowest BCUT2D eigenvalue weighted by molar-refractivity contribution is -0.143. The molecule has 2 aliphatic heterocycles. The van der Waals surface area contributed by atoms with Gasteiger partial charge < -0.3 is 15.1 Å². The van der Waals surface area contributed by atoms with E-state index in [2.05, 4.69) is 15.0 Å². The molecular formula is C27H30ClN5O5S3. The number of rotatable bonds is 10. The maximum absolute atomic E-state index is 13.2. The molecule has 2 aliphatic rings. The smallest absolute Gasteiger partial charge is 0.250 e. The molecule has 0 bridgehead atoms. The van der Waals surface area contributed by atoms with Crippen molar-refractivity contribution in [3.05, 3.63) is 53.8 Å². The van der Waals surface area contributed by atoms with Gasteiger partial charge in [0.05, 0.1) is 12.3 Å². The van der Waals surface area contributed by atoms with E-state index in [-0.39, 0.29) is 34.4 Å². The average molecular weight is 636 g/mol. The minimum atomic E-state index is -3.94. The predicted molar refractivity (Wildman–Crippen MR) is 159 cm³/mol. The van der Waals surface area contributed by atoms with Crippen molar-refractivity contribution in [2.45, 2.75) is 46.9 Å². The molecule has 41 heavy (non-hydrogen) atoms. The number of thiophene rings is 1. The SMILES string of the molecule is O=C(CSc1ccncc1)NC[C@@H]1CCCN1C(=O)CN1CCC[C@H](NS(=O)(=O)c2cc3cc(Cl)ccc3s2)C1=O. The number of hydrogen-bond acceptors (Lipinski definition) is 8. The molecule has 1 aromatic carbocycles. The number of aromatic nitrogens is 1. The number of halogens is 1. The molecule has 2 atom stereocenters. The van der Waals surface area contributed by atoms with Crippen LogP contribution in [0.5, 0.6) is 0 Å². The van der Waals surface area contributed by atoms with Crippen LogP contribution in [0.25, 0.3) is 10.1 Å². The fourth-order valence-electron chi connectivity index (χ4n) is 5.07. The zero-order chi connectivity index (χ0) is 29.0. The first-order valence-electron chi connectivity index (χ1n) is 13.3. The summed E-state index contributed by atoms with van der Waals surface area (Å²) < 4.78 is 29.7. The standard InChI is InChI=1S/C27H30ClN5O5S3/c28-19-5-6-23-18(13-19)14-26(40-23)41(37,38)31-22-4-2-11-32(27(22)36)16-25(35)33-12-1-3-20(33)15-30-24(34)17-39-21-7-9-29-10-8-21/h5-10,13-14,20,22,31H,1-4,11-12,15-17H2,(H,30,34)/t20-,22-/m0/s1. The molecule has 2 fully saturated rings. The third-order valence-corrected chi connectivity index (χ3v) is 11.4. The molecule has 2 aromatic heterocycles. The highest BCUT2D eigenvalue weighted by atomic mass is 35.5. The number of thioether (sulfide) groups is 1. The van der Waals surface area contributed by atoms with Crippen LogP contribution >= 0.6 is 34.7 Å². The molecule has 0 aliphatic carbocycles. The van der Waals surface area contributed by atoms with E-state index in [0.717, 1.165) is 33.8 Å². The van der Waals surface area contributed by atoms with Gasteiger partial charge in [-0.15, -0.1) is 23.1 Å². The Hall–Kier alpha value is -2.71. The van der Waals surface area contributed by atoms with Crippen LogP contribution in [0.15, 0.2) is 57.9 Å². The molecule has 3 aromatic rings. The Bertz CT molecular complexity index is 1530. The van der Waals surface area contributed by atoms with Crippen LogP contribution in [0.2, 0.25) is 5.02 Å². The largest absolute Gasteiger partial charge is 0.353 e. The molecule has 0 saturated carbocycles. The fraction of sp³-hybridized carbons (Fsp3) is 0.407. The lowest BCUT2D eigenvalue weighted by atomic mass is 10.1. The third kappa shape index (κ3) is 7.39. The number of benzene rings is 1. The number of amides is 3. The number of fused-ring (bicyclic) bond motifs is 1. The summed E-state index contributed by atoms with van der Waals surface area (Å²) in [5.41, 5.74) is 0. The Balaban J connectivity index is 1.14. The fourth-order valence-corrected chi connectivity index (χ4v) is 8.58. The molecule has 4 heterocycles. The highest BCUT2D eigenvalue weighted by molar-refractivity contribution is 8.00. The van der Waals surface area contributed by atoms with E-state index >= 15 is 0 Å². The minimum absolute atomic E-state index is 0.108. The van der Waals surface area contributed by atoms with Gasteiger partial charge in [-0.2, -0.15) is 4.72 Å². The van der Waals surface area contributed by atoms with E-state index in [9.17, 15) is 22.8 Å². The second kappa shape index (κ2) is 13.1. The Kier molecular flexibility index (Phi) is 9.49. The number of piperidine rings is 1. The maximum atomic E-state index is 13.2. The summed E-state index contributed by atoms with van der Waals surface area (Å²) in [4.78, 5) is 46.9. The molecular weight excluding hydrogens is 606 g/mol. The highest BCUT2D eigenvalue weighted by Gasteiger charge is 2.36. The number of sulfonamides is 1. The van der Waals surface area contributed by atoms with Crippen LogP contribution in [0.4, 0.5) is 0 Å². The van der Waals surface area contributed by atoms with Crippen LogP contribution < -0.4 is 10.0 Å². The normalized spacial score (nSPS) is 19.6. The van der Waals surface area contributed by atoms with Gasteiger partial charge in [0.1, 0.15) is 10.3 Å². The van der Waals surface area contributed by atoms with E-state index < -0.39 is 22.0 Å². The Morgan fingerprint density at radius 3 is 2.68 bits per heavy atom. The van der Waals surface area contributed by atoms with E-state index in [4.69, 9.17) is 11.6 Å². The van der Waals surface area contributed by atoms with Crippen molar-refractivity contribution < 1.29 is 22.8 Å². The summed E-state index contributed by atoms with van der Waals surface area (Å²) in [6.07, 6.45) is 5.86. The first-order chi connectivity index (χ1) is 19.7. The van der Waals surface area contributed by atoms with Gasteiger partial charge in [-0.3, -0.25) is 19.4 Å². The zero-order valence-corrected chi connectivity index (χ0v) is 25.3. The molecule has 2 N–H and O–H groups in total. The molecule has 5 rings (SSSR count). The van der Waals surface area contributed by atoms with Gasteiger partial charge in [-0.1, -0.05) is 11.6 Å². The van der Waals surface area contributed by atoms with Crippen LogP contribution in [0.3, 0.4) is 0 Å². The van der Waals surface area contributed by atoms with Gasteiger partial charge in [-0.25, -0.2) is 8.42 Å². The van der Waals surface area contributed by atoms with E-state index in [1.54, 1.807) is 41.6 Å². The number of carbonyl (C=O) groups is 3. The summed E-state index contributed by atoms with van der Waals surface area (Å²) in [7, 11) is -3.94. The molecule has 0 radical (unpaired) electrons. The van der Waals surface area contributed by atoms with Gasteiger partial charge in [0.2, 0.25) is 17.7 Å². The van der Waals surface area contributed by atoms with Gasteiger partial charge in [0.15, 0.2) is 0 Å². The second-order valence-corrected chi connectivity index (χ2v) is 14.5. The lowest BCUT2D eigenvalue weighted by Gasteiger charge is -2.34. The van der Waals surface area contributed by atoms with Crippen LogP contribution in [-0.2, 0) is 24.4 Å². The maximum Gasteiger partial charge on any atom is 0.250 e. The lowest BCUT2D eigenvalue weighted by Crippen LogP contribution is -2.55. The van der Waals surface area contributed by atoms with Crippen molar-refractivity contribution in [3.8, 4) is 0 Å². The highest BCUT2D eigenvalue weighted by Crippen LogP contribution is 2.31. The first kappa shape index (κ1) is 29.8. The summed E-state index contributed by atoms with van der Waals surface area (Å²) in [6, 6.07) is 9.30. The van der Waals surface area contributed by atoms with Crippen molar-refractivity contribution in [2.24, 2.45) is 0 Å². The van der Waals surface area contributed by atoms with Crippen LogP contribution in [0, 0.1) is 0 Å². The third-order valence-electron chi connectivity index (χ3n) is 7.13. The van der Waals surface area contributed by atoms with Gasteiger partial charge >= 0.3 is 0 Å². The van der Waals surface area contributed by atoms with Gasteiger partial charge in [-0.05, 0) is 67.5 Å². The molecule has 3 amide bonds. The Morgan fingerprint density at radius 1 is 1.10 bits per heavy atom. The molecule has 0 spiro atoms. The number of pyridine rings is 1. The summed E-state index contributed by atoms with van der Waals surface area (Å²) in [5, 5.41) is 4.15. The van der Waals surface area contributed by atoms with E-state index in [1.807, 2.05) is 12.1 Å². The van der Waals surface area contributed by atoms with Crippen molar-refractivity contribution in [1.29, 1.82) is 0 Å². The first-order valence-corrected chi connectivity index (χ1v) is 16.9. The summed E-state index contributed by atoms with van der Waals surface area (Å²) in [6.45, 7) is 1.16. The quantitative estimate of drug-likeness (QED) is 0.328. The number of nitrogens with one attached hydrogen (secondary N) is 2. The van der Waals surface area contributed by atoms with Gasteiger partial charge in [0.25, 0.3) is 10.0 Å². The van der Waals surface area contributed by atoms with Crippen molar-refractivity contribution in [1.82, 2.24) is 24.8 Å². The van der Waals surface area contributed by atoms with Crippen LogP contribution in [-0.4, -0.2) is 84.9 Å². The molecule has 2 saturated heterocycles. The van der Waals surface area contributed by atoms with Gasteiger partial charge in [0, 0.05) is 52.7 Å². The van der Waals surface area contributed by atoms with Crippen molar-refractivity contribution in [3.63, 3.8) is 0 Å². The topological polar surface area (TPSA) is 129 Å². The molecule has 0 unspecified atom stereocenters. The summed E-state index contributed by atoms with van der Waals surface area (Å²) in [5.74, 6) is -0.464. The number of carbonyl (C=O) groups excluding carboxylic acids is 3. The van der Waals surface area contributed by atoms with E-state index in [1.165, 1.54) is 16.7 Å². The molecule has 10 nitrogen and oxygen atoms in total. The second-order valence-electron chi connectivity index (χ2n) is 9.98. The predicted octanol–water partition coefficient (Wildman–Crippen LogP) is 3.12. The molecule has 14 heteroatoms. The van der Waals surface area contributed by atoms with E-state index in [0.29, 0.717) is 42.9 Å².